The minimum absolute atomic E-state index is 0.0410. The molecule has 0 rings (SSSR count). The first kappa shape index (κ1) is 62.3. The monoisotopic (exact) mass is 909 g/mol. The molecule has 0 aliphatic rings. The summed E-state index contributed by atoms with van der Waals surface area (Å²) in [7, 11) is 5.56. The molecule has 0 radical (unpaired) electrons. The van der Waals surface area contributed by atoms with E-state index in [9.17, 15) is 19.5 Å². The number of quaternary nitrogens is 1. The summed E-state index contributed by atoms with van der Waals surface area (Å²) in [6.45, 7) is 4.81. The van der Waals surface area contributed by atoms with Crippen molar-refractivity contribution in [2.45, 2.75) is 302 Å². The van der Waals surface area contributed by atoms with Gasteiger partial charge in [-0.25, -0.2) is 4.79 Å². The van der Waals surface area contributed by atoms with E-state index in [1.54, 1.807) is 0 Å². The lowest BCUT2D eigenvalue weighted by Gasteiger charge is -2.31. The van der Waals surface area contributed by atoms with Gasteiger partial charge in [0.05, 0.1) is 34.4 Å². The molecule has 0 aromatic heterocycles. The molecule has 0 heterocycles. The minimum Gasteiger partial charge on any atom is -0.477 e. The van der Waals surface area contributed by atoms with Gasteiger partial charge >= 0.3 is 17.9 Å². The molecule has 0 aromatic rings. The molecule has 0 bridgehead atoms. The van der Waals surface area contributed by atoms with Gasteiger partial charge in [0.1, 0.15) is 6.61 Å². The van der Waals surface area contributed by atoms with E-state index >= 15 is 0 Å². The van der Waals surface area contributed by atoms with E-state index in [4.69, 9.17) is 14.2 Å². The van der Waals surface area contributed by atoms with Crippen LogP contribution in [0.5, 0.6) is 0 Å². The van der Waals surface area contributed by atoms with Crippen LogP contribution in [0, 0.1) is 0 Å². The van der Waals surface area contributed by atoms with E-state index in [-0.39, 0.29) is 36.2 Å². The van der Waals surface area contributed by atoms with Gasteiger partial charge in [0.25, 0.3) is 0 Å². The van der Waals surface area contributed by atoms with E-state index < -0.39 is 18.1 Å². The van der Waals surface area contributed by atoms with Crippen molar-refractivity contribution in [3.05, 3.63) is 0 Å². The maximum Gasteiger partial charge on any atom is 0.362 e. The number of carbonyl (C=O) groups excluding carboxylic acids is 2. The van der Waals surface area contributed by atoms with Crippen molar-refractivity contribution in [1.29, 1.82) is 0 Å². The first-order chi connectivity index (χ1) is 31.1. The smallest absolute Gasteiger partial charge is 0.362 e. The zero-order chi connectivity index (χ0) is 47.0. The maximum atomic E-state index is 12.8. The molecule has 0 aromatic carbocycles. The number of unbranched alkanes of at least 4 members (excludes halogenated alkanes) is 38. The van der Waals surface area contributed by atoms with Gasteiger partial charge in [0.2, 0.25) is 0 Å². The number of aliphatic carboxylic acids is 1. The van der Waals surface area contributed by atoms with Crippen LogP contribution in [0.15, 0.2) is 0 Å². The SMILES string of the molecule is CCCCCCCCCCCCCCCCCCCCCCC(=O)OCC(COCCC(C(=O)O)[N+](C)(C)C)OC(=O)CCCCCCCCCCCCCCCCCCCCCC. The highest BCUT2D eigenvalue weighted by Gasteiger charge is 2.31. The Morgan fingerprint density at radius 3 is 0.969 bits per heavy atom. The molecule has 0 fully saturated rings. The highest BCUT2D eigenvalue weighted by Crippen LogP contribution is 2.18. The van der Waals surface area contributed by atoms with Gasteiger partial charge < -0.3 is 23.8 Å². The van der Waals surface area contributed by atoms with Gasteiger partial charge in [0.15, 0.2) is 12.1 Å². The van der Waals surface area contributed by atoms with Crippen LogP contribution in [0.25, 0.3) is 0 Å². The molecule has 380 valence electrons. The minimum atomic E-state index is -0.868. The van der Waals surface area contributed by atoms with Gasteiger partial charge in [0, 0.05) is 19.3 Å². The van der Waals surface area contributed by atoms with Crippen LogP contribution < -0.4 is 0 Å². The zero-order valence-corrected chi connectivity index (χ0v) is 43.5. The fourth-order valence-corrected chi connectivity index (χ4v) is 8.92. The van der Waals surface area contributed by atoms with Crippen molar-refractivity contribution in [2.75, 3.05) is 41.0 Å². The molecule has 0 amide bonds. The third-order valence-corrected chi connectivity index (χ3v) is 13.3. The van der Waals surface area contributed by atoms with Crippen molar-refractivity contribution < 1.29 is 38.2 Å². The molecule has 64 heavy (non-hydrogen) atoms. The number of hydrogen-bond donors (Lipinski definition) is 1. The molecule has 0 saturated carbocycles. The van der Waals surface area contributed by atoms with Gasteiger partial charge in [-0.3, -0.25) is 9.59 Å². The van der Waals surface area contributed by atoms with E-state index in [0.29, 0.717) is 19.3 Å². The molecule has 1 N–H and O–H groups in total. The van der Waals surface area contributed by atoms with Crippen molar-refractivity contribution in [1.82, 2.24) is 0 Å². The summed E-state index contributed by atoms with van der Waals surface area (Å²) in [4.78, 5) is 37.2. The second kappa shape index (κ2) is 47.8. The zero-order valence-electron chi connectivity index (χ0n) is 43.5. The molecule has 0 aliphatic carbocycles. The molecule has 2 atom stereocenters. The largest absolute Gasteiger partial charge is 0.477 e. The number of carboxylic acid groups (broad SMARTS) is 1. The molecule has 0 saturated heterocycles. The Balaban J connectivity index is 4.13. The van der Waals surface area contributed by atoms with E-state index in [1.807, 2.05) is 21.1 Å². The summed E-state index contributed by atoms with van der Waals surface area (Å²) in [5.41, 5.74) is 0. The van der Waals surface area contributed by atoms with Crippen molar-refractivity contribution in [3.63, 3.8) is 0 Å². The Hall–Kier alpha value is -1.67. The average molecular weight is 909 g/mol. The number of ether oxygens (including phenoxy) is 3. The van der Waals surface area contributed by atoms with Crippen LogP contribution in [-0.2, 0) is 28.6 Å². The first-order valence-corrected chi connectivity index (χ1v) is 28.1. The Bertz CT molecular complexity index is 1010. The maximum absolute atomic E-state index is 12.8. The van der Waals surface area contributed by atoms with Gasteiger partial charge in [-0.15, -0.1) is 0 Å². The second-order valence-electron chi connectivity index (χ2n) is 20.6. The number of esters is 2. The number of nitrogens with zero attached hydrogens (tertiary/aromatic N) is 1. The molecule has 8 heteroatoms. The van der Waals surface area contributed by atoms with Crippen molar-refractivity contribution in [3.8, 4) is 0 Å². The first-order valence-electron chi connectivity index (χ1n) is 28.1. The fourth-order valence-electron chi connectivity index (χ4n) is 8.92. The summed E-state index contributed by atoms with van der Waals surface area (Å²) >= 11 is 0. The van der Waals surface area contributed by atoms with Gasteiger partial charge in [-0.1, -0.05) is 258 Å². The highest BCUT2D eigenvalue weighted by molar-refractivity contribution is 5.72. The number of rotatable bonds is 52. The standard InChI is InChI=1S/C56H109NO7/c1-6-8-10-12-14-16-18-20-22-24-26-28-30-32-34-36-38-40-42-44-46-54(58)63-51-52(50-62-49-48-53(56(60)61)57(3,4)5)64-55(59)47-45-43-41-39-37-35-33-31-29-27-25-23-21-19-17-15-13-11-9-7-2/h52-53H,6-51H2,1-5H3/p+1. The van der Waals surface area contributed by atoms with Crippen LogP contribution in [0.2, 0.25) is 0 Å². The van der Waals surface area contributed by atoms with Crippen molar-refractivity contribution >= 4 is 17.9 Å². The highest BCUT2D eigenvalue weighted by atomic mass is 16.6. The van der Waals surface area contributed by atoms with Crippen LogP contribution in [0.4, 0.5) is 0 Å². The summed E-state index contributed by atoms with van der Waals surface area (Å²) in [6.07, 6.45) is 53.0. The predicted octanol–water partition coefficient (Wildman–Crippen LogP) is 16.4. The average Bonchev–Trinajstić information content (AvgIpc) is 3.26. The molecule has 0 spiro atoms. The number of carbonyl (C=O) groups is 3. The number of likely N-dealkylation sites (N-methyl/N-ethyl adjacent to an activating group) is 1. The fraction of sp³-hybridized carbons (Fsp3) is 0.946. The van der Waals surface area contributed by atoms with E-state index in [2.05, 4.69) is 13.8 Å². The molecule has 8 nitrogen and oxygen atoms in total. The molecular formula is C56H110NO7+. The summed E-state index contributed by atoms with van der Waals surface area (Å²) in [6, 6.07) is -0.609. The lowest BCUT2D eigenvalue weighted by Crippen LogP contribution is -2.50. The van der Waals surface area contributed by atoms with E-state index in [1.165, 1.54) is 218 Å². The third-order valence-electron chi connectivity index (χ3n) is 13.3. The Morgan fingerprint density at radius 2 is 0.688 bits per heavy atom. The second-order valence-corrected chi connectivity index (χ2v) is 20.6. The third kappa shape index (κ3) is 45.5. The quantitative estimate of drug-likeness (QED) is 0.0369. The van der Waals surface area contributed by atoms with Crippen LogP contribution in [0.1, 0.15) is 290 Å². The summed E-state index contributed by atoms with van der Waals surface area (Å²) in [5, 5.41) is 9.67. The Labute approximate surface area is 397 Å². The normalized spacial score (nSPS) is 12.7. The Morgan fingerprint density at radius 1 is 0.406 bits per heavy atom. The van der Waals surface area contributed by atoms with Crippen LogP contribution in [-0.4, -0.2) is 80.6 Å². The molecule has 0 aliphatic heterocycles. The lowest BCUT2D eigenvalue weighted by molar-refractivity contribution is -0.887. The Kier molecular flexibility index (Phi) is 46.6. The van der Waals surface area contributed by atoms with Gasteiger partial charge in [-0.2, -0.15) is 0 Å². The molecular weight excluding hydrogens is 799 g/mol. The predicted molar refractivity (Wildman–Crippen MR) is 271 cm³/mol. The summed E-state index contributed by atoms with van der Waals surface area (Å²) in [5.74, 6) is -1.43. The van der Waals surface area contributed by atoms with Crippen LogP contribution >= 0.6 is 0 Å². The molecule has 2 unspecified atom stereocenters. The number of hydrogen-bond acceptors (Lipinski definition) is 6. The van der Waals surface area contributed by atoms with Gasteiger partial charge in [-0.05, 0) is 12.8 Å². The lowest BCUT2D eigenvalue weighted by atomic mass is 10.0. The van der Waals surface area contributed by atoms with Crippen molar-refractivity contribution in [2.24, 2.45) is 0 Å². The topological polar surface area (TPSA) is 99.1 Å². The van der Waals surface area contributed by atoms with E-state index in [0.717, 1.165) is 38.5 Å². The van der Waals surface area contributed by atoms with Crippen LogP contribution in [0.3, 0.4) is 0 Å². The number of carboxylic acids is 1. The summed E-state index contributed by atoms with van der Waals surface area (Å²) < 4.78 is 17.4.